The zero-order valence-corrected chi connectivity index (χ0v) is 11.2. The number of aryl methyl sites for hydroxylation is 2. The Kier molecular flexibility index (Phi) is 2.75. The maximum Gasteiger partial charge on any atom is 0.255 e. The first kappa shape index (κ1) is 12.3. The minimum atomic E-state index is -0.505. The molecular weight excluding hydrogens is 254 g/mol. The molecule has 0 saturated heterocycles. The van der Waals surface area contributed by atoms with E-state index in [2.05, 4.69) is 10.4 Å². The highest BCUT2D eigenvalue weighted by Crippen LogP contribution is 2.20. The molecule has 0 spiro atoms. The molecule has 1 aromatic heterocycles. The second kappa shape index (κ2) is 4.45. The van der Waals surface area contributed by atoms with Crippen LogP contribution in [0.4, 0.5) is 11.4 Å². The van der Waals surface area contributed by atoms with Crippen LogP contribution in [-0.2, 0) is 0 Å². The summed E-state index contributed by atoms with van der Waals surface area (Å²) < 4.78 is 1.52. The lowest BCUT2D eigenvalue weighted by Gasteiger charge is -2.14. The third-order valence-corrected chi connectivity index (χ3v) is 3.15. The molecule has 0 radical (unpaired) electrons. The summed E-state index contributed by atoms with van der Waals surface area (Å²) in [5, 5.41) is 7.25. The van der Waals surface area contributed by atoms with Crippen LogP contribution in [0.1, 0.15) is 11.4 Å². The average molecular weight is 267 g/mol. The summed E-state index contributed by atoms with van der Waals surface area (Å²) in [6, 6.07) is 11.1. The third kappa shape index (κ3) is 1.84. The molecule has 3 rings (SSSR count). The van der Waals surface area contributed by atoms with E-state index in [1.165, 1.54) is 4.68 Å². The van der Waals surface area contributed by atoms with Crippen molar-refractivity contribution in [2.45, 2.75) is 13.8 Å². The van der Waals surface area contributed by atoms with Crippen LogP contribution in [0.3, 0.4) is 0 Å². The van der Waals surface area contributed by atoms with Crippen molar-refractivity contribution in [1.29, 1.82) is 0 Å². The van der Waals surface area contributed by atoms with Gasteiger partial charge in [-0.2, -0.15) is 5.10 Å². The Balaban J connectivity index is 2.06. The van der Waals surface area contributed by atoms with Gasteiger partial charge in [-0.3, -0.25) is 9.59 Å². The van der Waals surface area contributed by atoms with Gasteiger partial charge < -0.3 is 5.32 Å². The van der Waals surface area contributed by atoms with E-state index in [0.29, 0.717) is 11.4 Å². The Morgan fingerprint density at radius 1 is 1.05 bits per heavy atom. The molecule has 0 saturated carbocycles. The first-order chi connectivity index (χ1) is 9.58. The number of para-hydroxylation sites is 1. The van der Waals surface area contributed by atoms with Crippen molar-refractivity contribution in [2.75, 3.05) is 5.32 Å². The molecule has 3 aromatic rings. The molecule has 0 atom stereocenters. The molecule has 5 nitrogen and oxygen atoms in total. The SMILES string of the molecule is Cc1cc(C)n(-c2c(Nc3ccccc3)c(=O)c2=O)n1. The maximum absolute atomic E-state index is 11.8. The Morgan fingerprint density at radius 2 is 1.75 bits per heavy atom. The van der Waals surface area contributed by atoms with Gasteiger partial charge in [0.2, 0.25) is 0 Å². The van der Waals surface area contributed by atoms with Crippen LogP contribution in [0, 0.1) is 13.8 Å². The van der Waals surface area contributed by atoms with E-state index in [1.54, 1.807) is 0 Å². The Morgan fingerprint density at radius 3 is 2.35 bits per heavy atom. The van der Waals surface area contributed by atoms with E-state index in [-0.39, 0.29) is 0 Å². The largest absolute Gasteiger partial charge is 0.350 e. The summed E-state index contributed by atoms with van der Waals surface area (Å²) in [4.78, 5) is 23.6. The van der Waals surface area contributed by atoms with Crippen LogP contribution < -0.4 is 16.2 Å². The predicted molar refractivity (Wildman–Crippen MR) is 77.7 cm³/mol. The van der Waals surface area contributed by atoms with Crippen LogP contribution >= 0.6 is 0 Å². The summed E-state index contributed by atoms with van der Waals surface area (Å²) in [6.45, 7) is 3.70. The topological polar surface area (TPSA) is 64.0 Å². The molecular formula is C15H13N3O2. The summed E-state index contributed by atoms with van der Waals surface area (Å²) in [6.07, 6.45) is 0. The van der Waals surface area contributed by atoms with Crippen molar-refractivity contribution in [3.63, 3.8) is 0 Å². The molecule has 1 N–H and O–H groups in total. The van der Waals surface area contributed by atoms with Gasteiger partial charge in [0.15, 0.2) is 0 Å². The number of hydrogen-bond acceptors (Lipinski definition) is 4. The molecule has 1 heterocycles. The van der Waals surface area contributed by atoms with E-state index in [9.17, 15) is 9.59 Å². The number of nitrogens with zero attached hydrogens (tertiary/aromatic N) is 2. The van der Waals surface area contributed by atoms with E-state index in [0.717, 1.165) is 17.1 Å². The van der Waals surface area contributed by atoms with Crippen molar-refractivity contribution in [1.82, 2.24) is 9.78 Å². The monoisotopic (exact) mass is 267 g/mol. The second-order valence-corrected chi connectivity index (χ2v) is 4.71. The quantitative estimate of drug-likeness (QED) is 0.735. The Bertz CT molecular complexity index is 840. The van der Waals surface area contributed by atoms with Gasteiger partial charge in [0.05, 0.1) is 5.69 Å². The molecule has 0 unspecified atom stereocenters. The molecule has 0 aliphatic rings. The summed E-state index contributed by atoms with van der Waals surface area (Å²) in [5.74, 6) is 0. The minimum Gasteiger partial charge on any atom is -0.350 e. The third-order valence-electron chi connectivity index (χ3n) is 3.15. The lowest BCUT2D eigenvalue weighted by atomic mass is 10.1. The summed E-state index contributed by atoms with van der Waals surface area (Å²) in [5.41, 5.74) is 2.00. The van der Waals surface area contributed by atoms with Crippen molar-refractivity contribution in [3.8, 4) is 5.69 Å². The normalized spacial score (nSPS) is 10.9. The van der Waals surface area contributed by atoms with Crippen molar-refractivity contribution in [2.24, 2.45) is 0 Å². The first-order valence-electron chi connectivity index (χ1n) is 6.27. The molecule has 5 heteroatoms. The van der Waals surface area contributed by atoms with E-state index < -0.39 is 10.9 Å². The van der Waals surface area contributed by atoms with E-state index in [4.69, 9.17) is 0 Å². The van der Waals surface area contributed by atoms with Gasteiger partial charge in [0.1, 0.15) is 11.4 Å². The van der Waals surface area contributed by atoms with Gasteiger partial charge in [0.25, 0.3) is 10.9 Å². The van der Waals surface area contributed by atoms with Crippen molar-refractivity contribution in [3.05, 3.63) is 68.2 Å². The van der Waals surface area contributed by atoms with Gasteiger partial charge in [-0.1, -0.05) is 18.2 Å². The number of hydrogen-bond donors (Lipinski definition) is 1. The fraction of sp³-hybridized carbons (Fsp3) is 0.133. The molecule has 100 valence electrons. The molecule has 2 aromatic carbocycles. The van der Waals surface area contributed by atoms with Crippen LogP contribution in [-0.4, -0.2) is 9.78 Å². The average Bonchev–Trinajstić information content (AvgIpc) is 2.77. The van der Waals surface area contributed by atoms with Crippen molar-refractivity contribution >= 4 is 11.4 Å². The molecule has 0 bridgehead atoms. The van der Waals surface area contributed by atoms with E-state index in [1.807, 2.05) is 50.2 Å². The highest BCUT2D eigenvalue weighted by Gasteiger charge is 2.24. The second-order valence-electron chi connectivity index (χ2n) is 4.71. The number of rotatable bonds is 3. The number of aromatic nitrogens is 2. The van der Waals surface area contributed by atoms with Crippen LogP contribution in [0.25, 0.3) is 5.69 Å². The van der Waals surface area contributed by atoms with E-state index >= 15 is 0 Å². The van der Waals surface area contributed by atoms with Gasteiger partial charge in [-0.15, -0.1) is 0 Å². The molecule has 0 amide bonds. The first-order valence-corrected chi connectivity index (χ1v) is 6.27. The zero-order chi connectivity index (χ0) is 14.3. The molecule has 0 aliphatic heterocycles. The fourth-order valence-electron chi connectivity index (χ4n) is 2.22. The van der Waals surface area contributed by atoms with Gasteiger partial charge in [-0.05, 0) is 32.0 Å². The number of anilines is 2. The highest BCUT2D eigenvalue weighted by molar-refractivity contribution is 5.72. The van der Waals surface area contributed by atoms with Gasteiger partial charge >= 0.3 is 0 Å². The maximum atomic E-state index is 11.8. The predicted octanol–water partition coefficient (Wildman–Crippen LogP) is 1.83. The zero-order valence-electron chi connectivity index (χ0n) is 11.2. The summed E-state index contributed by atoms with van der Waals surface area (Å²) >= 11 is 0. The number of nitrogens with one attached hydrogen (secondary N) is 1. The lowest BCUT2D eigenvalue weighted by molar-refractivity contribution is 0.820. The minimum absolute atomic E-state index is 0.299. The smallest absolute Gasteiger partial charge is 0.255 e. The highest BCUT2D eigenvalue weighted by atomic mass is 16.2. The Labute approximate surface area is 115 Å². The fourth-order valence-corrected chi connectivity index (χ4v) is 2.22. The number of benzene rings is 1. The standard InChI is InChI=1S/C15H13N3O2/c1-9-8-10(2)18(17-9)13-12(14(19)15(13)20)16-11-6-4-3-5-7-11/h3-8,16H,1-2H3. The van der Waals surface area contributed by atoms with Crippen LogP contribution in [0.2, 0.25) is 0 Å². The van der Waals surface area contributed by atoms with Crippen molar-refractivity contribution < 1.29 is 0 Å². The van der Waals surface area contributed by atoms with Crippen LogP contribution in [0.5, 0.6) is 0 Å². The van der Waals surface area contributed by atoms with Gasteiger partial charge in [-0.25, -0.2) is 4.68 Å². The van der Waals surface area contributed by atoms with Crippen LogP contribution in [0.15, 0.2) is 46.0 Å². The molecule has 0 fully saturated rings. The summed E-state index contributed by atoms with van der Waals surface area (Å²) in [7, 11) is 0. The molecule has 0 aliphatic carbocycles. The van der Waals surface area contributed by atoms with Gasteiger partial charge in [0, 0.05) is 11.4 Å². The lowest BCUT2D eigenvalue weighted by Crippen LogP contribution is -2.38. The molecule has 20 heavy (non-hydrogen) atoms. The Hall–Kier alpha value is -2.69.